The minimum absolute atomic E-state index is 1.11. The van der Waals surface area contributed by atoms with E-state index in [9.17, 15) is 0 Å². The third-order valence-corrected chi connectivity index (χ3v) is 9.63. The van der Waals surface area contributed by atoms with Gasteiger partial charge < -0.3 is 4.57 Å². The second-order valence-corrected chi connectivity index (χ2v) is 12.5. The zero-order chi connectivity index (χ0) is 32.6. The van der Waals surface area contributed by atoms with Crippen LogP contribution in [0.2, 0.25) is 0 Å². The van der Waals surface area contributed by atoms with Crippen LogP contribution in [0.15, 0.2) is 200 Å². The summed E-state index contributed by atoms with van der Waals surface area (Å²) >= 11 is 0. The number of fused-ring (bicyclic) bond motifs is 7. The maximum atomic E-state index is 2.47. The largest absolute Gasteiger partial charge is 0.309 e. The molecule has 9 rings (SSSR count). The third kappa shape index (κ3) is 5.23. The minimum atomic E-state index is 1.11. The molecule has 0 atom stereocenters. The molecule has 0 aliphatic carbocycles. The molecule has 1 aromatic heterocycles. The Bertz CT molecular complexity index is 2540. The highest BCUT2D eigenvalue weighted by molar-refractivity contribution is 6.20. The topological polar surface area (TPSA) is 4.93 Å². The molecule has 49 heavy (non-hydrogen) atoms. The van der Waals surface area contributed by atoms with Gasteiger partial charge in [0.25, 0.3) is 0 Å². The predicted octanol–water partition coefficient (Wildman–Crippen LogP) is 13.2. The lowest BCUT2D eigenvalue weighted by molar-refractivity contribution is 1.17. The van der Waals surface area contributed by atoms with Gasteiger partial charge in [0.2, 0.25) is 0 Å². The van der Waals surface area contributed by atoms with Gasteiger partial charge in [-0.05, 0) is 91.3 Å². The van der Waals surface area contributed by atoms with Gasteiger partial charge >= 0.3 is 0 Å². The van der Waals surface area contributed by atoms with Crippen molar-refractivity contribution in [1.82, 2.24) is 4.57 Å². The zero-order valence-electron chi connectivity index (χ0n) is 27.0. The second kappa shape index (κ2) is 12.3. The normalized spacial score (nSPS) is 11.3. The standard InChI is InChI=1S/C48H33N/c1-4-15-34(16-5-1)37-21-14-22-40(31-37)49-47-29-27-38(35-17-6-2-7-18-35)32-45(47)43-25-12-10-23-41(43)42-24-11-13-26-44(42)46-33-39(28-30-48(46)49)36-19-8-3-9-20-36/h1-33H. The summed E-state index contributed by atoms with van der Waals surface area (Å²) in [6.07, 6.45) is 0. The van der Waals surface area contributed by atoms with E-state index in [-0.39, 0.29) is 0 Å². The quantitative estimate of drug-likeness (QED) is 0.184. The van der Waals surface area contributed by atoms with Gasteiger partial charge in [0.15, 0.2) is 0 Å². The van der Waals surface area contributed by atoms with E-state index in [1.165, 1.54) is 65.7 Å². The molecular weight excluding hydrogens is 591 g/mol. The fourth-order valence-corrected chi connectivity index (χ4v) is 7.28. The van der Waals surface area contributed by atoms with Crippen LogP contribution in [0.3, 0.4) is 0 Å². The zero-order valence-corrected chi connectivity index (χ0v) is 27.0. The van der Waals surface area contributed by atoms with Crippen molar-refractivity contribution < 1.29 is 0 Å². The van der Waals surface area contributed by atoms with E-state index in [1.54, 1.807) is 0 Å². The monoisotopic (exact) mass is 623 g/mol. The number of rotatable bonds is 4. The van der Waals surface area contributed by atoms with Gasteiger partial charge in [-0.1, -0.05) is 164 Å². The molecule has 8 aromatic carbocycles. The van der Waals surface area contributed by atoms with Crippen molar-refractivity contribution in [2.24, 2.45) is 0 Å². The Balaban J connectivity index is 1.52. The summed E-state index contributed by atoms with van der Waals surface area (Å²) in [5, 5.41) is 7.25. The van der Waals surface area contributed by atoms with Crippen LogP contribution >= 0.6 is 0 Å². The molecule has 0 unspecified atom stereocenters. The van der Waals surface area contributed by atoms with Crippen LogP contribution in [0.25, 0.3) is 82.4 Å². The molecule has 0 saturated carbocycles. The van der Waals surface area contributed by atoms with Crippen LogP contribution in [0.1, 0.15) is 0 Å². The Morgan fingerprint density at radius 2 is 0.571 bits per heavy atom. The van der Waals surface area contributed by atoms with Crippen LogP contribution < -0.4 is 0 Å². The van der Waals surface area contributed by atoms with Gasteiger partial charge in [0.05, 0.1) is 11.0 Å². The Morgan fingerprint density at radius 3 is 1.00 bits per heavy atom. The first kappa shape index (κ1) is 28.8. The molecule has 1 heterocycles. The molecule has 9 aromatic rings. The SMILES string of the molecule is c1ccc(-c2cccc(-n3c4ccc(-c5ccccc5)cc4c4ccccc4c4ccccc4c4cc(-c5ccccc5)ccc43)c2)cc1. The van der Waals surface area contributed by atoms with Crippen molar-refractivity contribution >= 4 is 43.4 Å². The fourth-order valence-electron chi connectivity index (χ4n) is 7.28. The van der Waals surface area contributed by atoms with E-state index >= 15 is 0 Å². The lowest BCUT2D eigenvalue weighted by Crippen LogP contribution is -1.99. The summed E-state index contributed by atoms with van der Waals surface area (Å²) in [5.41, 5.74) is 10.6. The molecule has 1 heteroatoms. The molecule has 0 bridgehead atoms. The Hall–Kier alpha value is -6.44. The first-order valence-corrected chi connectivity index (χ1v) is 16.9. The van der Waals surface area contributed by atoms with E-state index in [2.05, 4.69) is 205 Å². The van der Waals surface area contributed by atoms with E-state index < -0.39 is 0 Å². The van der Waals surface area contributed by atoms with Crippen molar-refractivity contribution in [3.8, 4) is 39.1 Å². The van der Waals surface area contributed by atoms with Crippen molar-refractivity contribution in [3.05, 3.63) is 200 Å². The second-order valence-electron chi connectivity index (χ2n) is 12.5. The summed E-state index contributed by atoms with van der Waals surface area (Å²) in [7, 11) is 0. The van der Waals surface area contributed by atoms with Crippen molar-refractivity contribution in [1.29, 1.82) is 0 Å². The maximum absolute atomic E-state index is 2.47. The Labute approximate surface area is 286 Å². The lowest BCUT2D eigenvalue weighted by Gasteiger charge is -2.16. The molecule has 0 radical (unpaired) electrons. The van der Waals surface area contributed by atoms with E-state index in [0.29, 0.717) is 0 Å². The molecular formula is C48H33N. The summed E-state index contributed by atoms with van der Waals surface area (Å²) in [6.45, 7) is 0. The highest BCUT2D eigenvalue weighted by Crippen LogP contribution is 2.37. The number of hydrogen-bond acceptors (Lipinski definition) is 0. The van der Waals surface area contributed by atoms with Gasteiger partial charge in [-0.3, -0.25) is 0 Å². The predicted molar refractivity (Wildman–Crippen MR) is 210 cm³/mol. The number of aromatic nitrogens is 1. The molecule has 0 fully saturated rings. The van der Waals surface area contributed by atoms with Gasteiger partial charge in [-0.15, -0.1) is 0 Å². The smallest absolute Gasteiger partial charge is 0.0540 e. The van der Waals surface area contributed by atoms with Crippen LogP contribution in [0.5, 0.6) is 0 Å². The number of nitrogens with zero attached hydrogens (tertiary/aromatic N) is 1. The average molecular weight is 624 g/mol. The molecule has 0 N–H and O–H groups in total. The van der Waals surface area contributed by atoms with Gasteiger partial charge in [-0.2, -0.15) is 0 Å². The highest BCUT2D eigenvalue weighted by Gasteiger charge is 2.13. The Morgan fingerprint density at radius 1 is 0.224 bits per heavy atom. The maximum Gasteiger partial charge on any atom is 0.0540 e. The highest BCUT2D eigenvalue weighted by atomic mass is 15.0. The molecule has 0 spiro atoms. The lowest BCUT2D eigenvalue weighted by atomic mass is 9.98. The summed E-state index contributed by atoms with van der Waals surface area (Å²) in [5.74, 6) is 0. The summed E-state index contributed by atoms with van der Waals surface area (Å²) < 4.78 is 2.47. The van der Waals surface area contributed by atoms with Gasteiger partial charge in [-0.25, -0.2) is 0 Å². The number of benzene rings is 8. The van der Waals surface area contributed by atoms with Crippen molar-refractivity contribution in [3.63, 3.8) is 0 Å². The molecule has 0 aliphatic heterocycles. The van der Waals surface area contributed by atoms with Gasteiger partial charge in [0, 0.05) is 16.5 Å². The van der Waals surface area contributed by atoms with Gasteiger partial charge in [0.1, 0.15) is 0 Å². The van der Waals surface area contributed by atoms with Crippen LogP contribution in [-0.4, -0.2) is 4.57 Å². The molecule has 0 saturated heterocycles. The summed E-state index contributed by atoms with van der Waals surface area (Å²) in [6, 6.07) is 72.7. The molecule has 0 amide bonds. The first-order chi connectivity index (χ1) is 24.3. The first-order valence-electron chi connectivity index (χ1n) is 16.9. The number of hydrogen-bond donors (Lipinski definition) is 0. The van der Waals surface area contributed by atoms with E-state index in [4.69, 9.17) is 0 Å². The van der Waals surface area contributed by atoms with E-state index in [1.807, 2.05) is 0 Å². The van der Waals surface area contributed by atoms with Crippen LogP contribution in [0, 0.1) is 0 Å². The van der Waals surface area contributed by atoms with E-state index in [0.717, 1.165) is 16.7 Å². The summed E-state index contributed by atoms with van der Waals surface area (Å²) in [4.78, 5) is 0. The van der Waals surface area contributed by atoms with Crippen molar-refractivity contribution in [2.45, 2.75) is 0 Å². The molecule has 230 valence electrons. The molecule has 0 aliphatic rings. The van der Waals surface area contributed by atoms with Crippen molar-refractivity contribution in [2.75, 3.05) is 0 Å². The molecule has 1 nitrogen and oxygen atoms in total. The van der Waals surface area contributed by atoms with Crippen LogP contribution in [-0.2, 0) is 0 Å². The Kier molecular flexibility index (Phi) is 7.22. The van der Waals surface area contributed by atoms with Crippen LogP contribution in [0.4, 0.5) is 0 Å². The third-order valence-electron chi connectivity index (χ3n) is 9.63. The fraction of sp³-hybridized carbons (Fsp3) is 0. The average Bonchev–Trinajstić information content (AvgIpc) is 3.23. The minimum Gasteiger partial charge on any atom is -0.309 e.